The second-order valence-corrected chi connectivity index (χ2v) is 4.93. The van der Waals surface area contributed by atoms with E-state index in [2.05, 4.69) is 20.9 Å². The molecule has 4 nitrogen and oxygen atoms in total. The molecular formula is C12H13BrClN3O. The van der Waals surface area contributed by atoms with E-state index in [1.807, 2.05) is 23.7 Å². The SMILES string of the molecule is COc1ccc(-c2nc(CN)n(C)c2Br)c(Cl)c1. The monoisotopic (exact) mass is 329 g/mol. The van der Waals surface area contributed by atoms with Crippen molar-refractivity contribution in [2.45, 2.75) is 6.54 Å². The zero-order valence-corrected chi connectivity index (χ0v) is 12.4. The lowest BCUT2D eigenvalue weighted by Crippen LogP contribution is -2.04. The third-order valence-corrected chi connectivity index (χ3v) is 3.95. The van der Waals surface area contributed by atoms with Gasteiger partial charge in [0, 0.05) is 12.6 Å². The third kappa shape index (κ3) is 2.25. The second kappa shape index (κ2) is 5.30. The first-order valence-corrected chi connectivity index (χ1v) is 6.50. The predicted molar refractivity (Wildman–Crippen MR) is 75.8 cm³/mol. The van der Waals surface area contributed by atoms with Crippen molar-refractivity contribution >= 4 is 27.5 Å². The van der Waals surface area contributed by atoms with Crippen molar-refractivity contribution < 1.29 is 4.74 Å². The molecule has 0 amide bonds. The highest BCUT2D eigenvalue weighted by Crippen LogP contribution is 2.35. The topological polar surface area (TPSA) is 53.1 Å². The Hall–Kier alpha value is -1.04. The Bertz CT molecular complexity index is 583. The van der Waals surface area contributed by atoms with Crippen LogP contribution in [-0.4, -0.2) is 16.7 Å². The Labute approximate surface area is 119 Å². The molecule has 0 aliphatic rings. The zero-order valence-electron chi connectivity index (χ0n) is 10.1. The van der Waals surface area contributed by atoms with E-state index < -0.39 is 0 Å². The Balaban J connectivity index is 2.55. The fourth-order valence-corrected chi connectivity index (χ4v) is 2.46. The molecule has 0 unspecified atom stereocenters. The van der Waals surface area contributed by atoms with Gasteiger partial charge >= 0.3 is 0 Å². The van der Waals surface area contributed by atoms with Crippen LogP contribution in [0.25, 0.3) is 11.3 Å². The van der Waals surface area contributed by atoms with Crippen LogP contribution in [0, 0.1) is 0 Å². The summed E-state index contributed by atoms with van der Waals surface area (Å²) in [5.74, 6) is 1.51. The Morgan fingerprint density at radius 2 is 2.22 bits per heavy atom. The van der Waals surface area contributed by atoms with E-state index >= 15 is 0 Å². The van der Waals surface area contributed by atoms with Crippen LogP contribution in [0.5, 0.6) is 5.75 Å². The van der Waals surface area contributed by atoms with Crippen LogP contribution in [0.3, 0.4) is 0 Å². The summed E-state index contributed by atoms with van der Waals surface area (Å²) in [5.41, 5.74) is 7.27. The number of hydrogen-bond donors (Lipinski definition) is 1. The zero-order chi connectivity index (χ0) is 13.3. The van der Waals surface area contributed by atoms with Gasteiger partial charge in [-0.25, -0.2) is 4.98 Å². The lowest BCUT2D eigenvalue weighted by atomic mass is 10.1. The van der Waals surface area contributed by atoms with E-state index in [1.165, 1.54) is 0 Å². The predicted octanol–water partition coefficient (Wildman–Crippen LogP) is 2.97. The molecule has 2 aromatic rings. The summed E-state index contributed by atoms with van der Waals surface area (Å²) in [7, 11) is 3.51. The fraction of sp³-hybridized carbons (Fsp3) is 0.250. The minimum Gasteiger partial charge on any atom is -0.497 e. The van der Waals surface area contributed by atoms with Crippen molar-refractivity contribution in [2.75, 3.05) is 7.11 Å². The molecule has 0 bridgehead atoms. The van der Waals surface area contributed by atoms with Gasteiger partial charge < -0.3 is 15.0 Å². The molecular weight excluding hydrogens is 318 g/mol. The highest BCUT2D eigenvalue weighted by Gasteiger charge is 2.16. The van der Waals surface area contributed by atoms with Crippen molar-refractivity contribution in [3.8, 4) is 17.0 Å². The first kappa shape index (κ1) is 13.4. The average molecular weight is 331 g/mol. The molecule has 18 heavy (non-hydrogen) atoms. The third-order valence-electron chi connectivity index (χ3n) is 2.73. The number of rotatable bonds is 3. The number of nitrogens with two attached hydrogens (primary N) is 1. The van der Waals surface area contributed by atoms with Crippen molar-refractivity contribution in [3.05, 3.63) is 33.6 Å². The largest absolute Gasteiger partial charge is 0.497 e. The van der Waals surface area contributed by atoms with Crippen molar-refractivity contribution in [2.24, 2.45) is 12.8 Å². The molecule has 0 aliphatic carbocycles. The molecule has 0 atom stereocenters. The van der Waals surface area contributed by atoms with E-state index in [1.54, 1.807) is 13.2 Å². The van der Waals surface area contributed by atoms with E-state index in [4.69, 9.17) is 22.1 Å². The van der Waals surface area contributed by atoms with Gasteiger partial charge in [-0.1, -0.05) is 11.6 Å². The molecule has 0 saturated carbocycles. The molecule has 0 fully saturated rings. The summed E-state index contributed by atoms with van der Waals surface area (Å²) in [6.45, 7) is 0.378. The quantitative estimate of drug-likeness (QED) is 0.941. The molecule has 0 aliphatic heterocycles. The first-order chi connectivity index (χ1) is 8.58. The van der Waals surface area contributed by atoms with Crippen molar-refractivity contribution in [1.82, 2.24) is 9.55 Å². The van der Waals surface area contributed by atoms with Crippen molar-refractivity contribution in [1.29, 1.82) is 0 Å². The molecule has 0 saturated heterocycles. The normalized spacial score (nSPS) is 10.7. The summed E-state index contributed by atoms with van der Waals surface area (Å²) >= 11 is 9.74. The summed E-state index contributed by atoms with van der Waals surface area (Å²) in [5, 5.41) is 0.594. The Kier molecular flexibility index (Phi) is 3.94. The highest BCUT2D eigenvalue weighted by atomic mass is 79.9. The lowest BCUT2D eigenvalue weighted by molar-refractivity contribution is 0.415. The molecule has 0 spiro atoms. The van der Waals surface area contributed by atoms with Crippen LogP contribution in [0.15, 0.2) is 22.8 Å². The fourth-order valence-electron chi connectivity index (χ4n) is 1.69. The average Bonchev–Trinajstić information content (AvgIpc) is 2.66. The Morgan fingerprint density at radius 1 is 1.50 bits per heavy atom. The number of methoxy groups -OCH3 is 1. The van der Waals surface area contributed by atoms with Gasteiger partial charge in [0.25, 0.3) is 0 Å². The van der Waals surface area contributed by atoms with Crippen LogP contribution in [0.4, 0.5) is 0 Å². The van der Waals surface area contributed by atoms with Gasteiger partial charge in [-0.05, 0) is 34.1 Å². The Morgan fingerprint density at radius 3 is 2.72 bits per heavy atom. The van der Waals surface area contributed by atoms with Crippen LogP contribution in [-0.2, 0) is 13.6 Å². The smallest absolute Gasteiger partial charge is 0.123 e. The molecule has 1 aromatic carbocycles. The number of imidazole rings is 1. The second-order valence-electron chi connectivity index (χ2n) is 3.78. The minimum absolute atomic E-state index is 0.378. The molecule has 1 heterocycles. The summed E-state index contributed by atoms with van der Waals surface area (Å²) in [4.78, 5) is 4.48. The standard InChI is InChI=1S/C12H13BrClN3O/c1-17-10(6-15)16-11(12(17)13)8-4-3-7(18-2)5-9(8)14/h3-5H,6,15H2,1-2H3. The van der Waals surface area contributed by atoms with Crippen LogP contribution >= 0.6 is 27.5 Å². The van der Waals surface area contributed by atoms with Gasteiger partial charge in [0.15, 0.2) is 0 Å². The van der Waals surface area contributed by atoms with Gasteiger partial charge in [0.1, 0.15) is 21.9 Å². The van der Waals surface area contributed by atoms with Crippen molar-refractivity contribution in [3.63, 3.8) is 0 Å². The minimum atomic E-state index is 0.378. The van der Waals surface area contributed by atoms with E-state index in [-0.39, 0.29) is 0 Å². The number of hydrogen-bond acceptors (Lipinski definition) is 3. The summed E-state index contributed by atoms with van der Waals surface area (Å²) in [6.07, 6.45) is 0. The van der Waals surface area contributed by atoms with E-state index in [0.29, 0.717) is 11.6 Å². The van der Waals surface area contributed by atoms with E-state index in [0.717, 1.165) is 27.4 Å². The number of ether oxygens (including phenoxy) is 1. The van der Waals surface area contributed by atoms with Gasteiger partial charge in [-0.2, -0.15) is 0 Å². The first-order valence-electron chi connectivity index (χ1n) is 5.33. The maximum atomic E-state index is 6.24. The maximum Gasteiger partial charge on any atom is 0.123 e. The van der Waals surface area contributed by atoms with Crippen LogP contribution < -0.4 is 10.5 Å². The molecule has 0 radical (unpaired) electrons. The molecule has 96 valence electrons. The number of halogens is 2. The molecule has 2 rings (SSSR count). The summed E-state index contributed by atoms with van der Waals surface area (Å²) < 4.78 is 7.88. The highest BCUT2D eigenvalue weighted by molar-refractivity contribution is 9.10. The lowest BCUT2D eigenvalue weighted by Gasteiger charge is -2.05. The molecule has 2 N–H and O–H groups in total. The number of nitrogens with zero attached hydrogens (tertiary/aromatic N) is 2. The van der Waals surface area contributed by atoms with E-state index in [9.17, 15) is 0 Å². The maximum absolute atomic E-state index is 6.24. The van der Waals surface area contributed by atoms with Gasteiger partial charge in [0.05, 0.1) is 18.7 Å². The van der Waals surface area contributed by atoms with Crippen LogP contribution in [0.1, 0.15) is 5.82 Å². The van der Waals surface area contributed by atoms with Gasteiger partial charge in [-0.3, -0.25) is 0 Å². The number of benzene rings is 1. The van der Waals surface area contributed by atoms with Crippen LogP contribution in [0.2, 0.25) is 5.02 Å². The molecule has 6 heteroatoms. The van der Waals surface area contributed by atoms with Gasteiger partial charge in [-0.15, -0.1) is 0 Å². The number of aromatic nitrogens is 2. The molecule has 1 aromatic heterocycles. The summed E-state index contributed by atoms with van der Waals surface area (Å²) in [6, 6.07) is 5.50. The van der Waals surface area contributed by atoms with Gasteiger partial charge in [0.2, 0.25) is 0 Å².